The van der Waals surface area contributed by atoms with Crippen LogP contribution >= 0.6 is 0 Å². The van der Waals surface area contributed by atoms with Crippen LogP contribution in [0, 0.1) is 0 Å². The van der Waals surface area contributed by atoms with Gasteiger partial charge in [0.1, 0.15) is 12.4 Å². The van der Waals surface area contributed by atoms with Gasteiger partial charge in [-0.3, -0.25) is 19.3 Å². The lowest BCUT2D eigenvalue weighted by atomic mass is 9.78. The number of hydrogen-bond donors (Lipinski definition) is 0. The van der Waals surface area contributed by atoms with E-state index in [1.807, 2.05) is 30.3 Å². The fraction of sp³-hybridized carbons (Fsp3) is 0.182. The van der Waals surface area contributed by atoms with Crippen molar-refractivity contribution in [2.75, 3.05) is 16.3 Å². The molecule has 0 saturated carbocycles. The number of ether oxygens (including phenoxy) is 1. The molecule has 1 heterocycles. The van der Waals surface area contributed by atoms with Crippen LogP contribution < -0.4 is 14.5 Å². The van der Waals surface area contributed by atoms with E-state index in [2.05, 4.69) is 0 Å². The predicted molar refractivity (Wildman–Crippen MR) is 151 cm³/mol. The number of anilines is 3. The number of carbonyl (C=O) groups excluding carboxylic acids is 3. The SMILES string of the molecule is CCN1C(=O)C2(CC(=O)c3cc(OCc4ccccc4)ccc32)C(=O)N(c2ccccc2)c2cc(C(F)(F)F)ccc21. The second-order valence-electron chi connectivity index (χ2n) is 10.2. The van der Waals surface area contributed by atoms with E-state index >= 15 is 0 Å². The number of carbonyl (C=O) groups is 3. The van der Waals surface area contributed by atoms with Gasteiger partial charge in [0, 0.05) is 24.2 Å². The van der Waals surface area contributed by atoms with Crippen molar-refractivity contribution >= 4 is 34.7 Å². The zero-order chi connectivity index (χ0) is 29.6. The number of Topliss-reactive ketones (excluding diaryl/α,β-unsaturated/α-hetero) is 1. The van der Waals surface area contributed by atoms with Crippen LogP contribution in [0.2, 0.25) is 0 Å². The molecule has 1 unspecified atom stereocenters. The Balaban J connectivity index is 1.51. The van der Waals surface area contributed by atoms with Crippen molar-refractivity contribution in [1.29, 1.82) is 0 Å². The molecular weight excluding hydrogens is 545 g/mol. The molecule has 2 amide bonds. The van der Waals surface area contributed by atoms with Crippen LogP contribution in [0.4, 0.5) is 30.2 Å². The van der Waals surface area contributed by atoms with Crippen LogP contribution in [0.1, 0.15) is 40.4 Å². The van der Waals surface area contributed by atoms with E-state index in [9.17, 15) is 27.6 Å². The minimum atomic E-state index is -4.68. The molecule has 212 valence electrons. The van der Waals surface area contributed by atoms with Crippen LogP contribution in [0.3, 0.4) is 0 Å². The number of halogens is 3. The van der Waals surface area contributed by atoms with Crippen LogP contribution in [0.5, 0.6) is 5.75 Å². The van der Waals surface area contributed by atoms with Gasteiger partial charge in [0.25, 0.3) is 5.91 Å². The monoisotopic (exact) mass is 570 g/mol. The van der Waals surface area contributed by atoms with Gasteiger partial charge in [0.05, 0.1) is 16.9 Å². The molecule has 1 aliphatic carbocycles. The first-order valence-electron chi connectivity index (χ1n) is 13.4. The summed E-state index contributed by atoms with van der Waals surface area (Å²) in [6.45, 7) is 1.99. The zero-order valence-electron chi connectivity index (χ0n) is 22.5. The second-order valence-corrected chi connectivity index (χ2v) is 10.2. The summed E-state index contributed by atoms with van der Waals surface area (Å²) in [5.74, 6) is -1.50. The minimum absolute atomic E-state index is 0.0661. The fourth-order valence-electron chi connectivity index (χ4n) is 5.76. The maximum Gasteiger partial charge on any atom is 0.416 e. The molecule has 6 rings (SSSR count). The van der Waals surface area contributed by atoms with Crippen LogP contribution in [-0.4, -0.2) is 24.1 Å². The van der Waals surface area contributed by atoms with E-state index in [0.29, 0.717) is 5.75 Å². The number of likely N-dealkylation sites (N-methyl/N-ethyl adjacent to an activating group) is 1. The average Bonchev–Trinajstić information content (AvgIpc) is 3.26. The van der Waals surface area contributed by atoms with Gasteiger partial charge in [-0.1, -0.05) is 54.6 Å². The van der Waals surface area contributed by atoms with E-state index < -0.39 is 41.2 Å². The van der Waals surface area contributed by atoms with Gasteiger partial charge in [0.15, 0.2) is 11.2 Å². The first kappa shape index (κ1) is 27.3. The van der Waals surface area contributed by atoms with Crippen LogP contribution in [0.15, 0.2) is 97.1 Å². The van der Waals surface area contributed by atoms with Crippen molar-refractivity contribution in [1.82, 2.24) is 0 Å². The topological polar surface area (TPSA) is 66.9 Å². The molecule has 4 aromatic rings. The third-order valence-corrected chi connectivity index (χ3v) is 7.77. The molecule has 6 nitrogen and oxygen atoms in total. The molecule has 1 aliphatic heterocycles. The Morgan fingerprint density at radius 1 is 0.810 bits per heavy atom. The van der Waals surface area contributed by atoms with Gasteiger partial charge in [0.2, 0.25) is 5.91 Å². The minimum Gasteiger partial charge on any atom is -0.489 e. The van der Waals surface area contributed by atoms with Gasteiger partial charge in [-0.15, -0.1) is 0 Å². The van der Waals surface area contributed by atoms with Gasteiger partial charge >= 0.3 is 6.18 Å². The largest absolute Gasteiger partial charge is 0.489 e. The molecule has 9 heteroatoms. The lowest BCUT2D eigenvalue weighted by Crippen LogP contribution is -2.53. The number of amides is 2. The lowest BCUT2D eigenvalue weighted by molar-refractivity contribution is -0.138. The number of nitrogens with zero attached hydrogens (tertiary/aromatic N) is 2. The molecular formula is C33H25F3N2O4. The number of alkyl halides is 3. The Hall–Kier alpha value is -4.92. The molecule has 0 radical (unpaired) electrons. The van der Waals surface area contributed by atoms with Crippen LogP contribution in [0.25, 0.3) is 0 Å². The predicted octanol–water partition coefficient (Wildman–Crippen LogP) is 6.84. The molecule has 4 aromatic carbocycles. The summed E-state index contributed by atoms with van der Waals surface area (Å²) in [4.78, 5) is 45.0. The molecule has 0 fully saturated rings. The Bertz CT molecular complexity index is 1710. The van der Waals surface area contributed by atoms with Gasteiger partial charge in [-0.05, 0) is 60.5 Å². The molecule has 1 atom stereocenters. The van der Waals surface area contributed by atoms with Gasteiger partial charge < -0.3 is 9.64 Å². The Morgan fingerprint density at radius 2 is 1.50 bits per heavy atom. The molecule has 0 N–H and O–H groups in total. The number of para-hydroxylation sites is 1. The quantitative estimate of drug-likeness (QED) is 0.247. The van der Waals surface area contributed by atoms with Gasteiger partial charge in [-0.25, -0.2) is 0 Å². The van der Waals surface area contributed by atoms with Crippen molar-refractivity contribution in [2.24, 2.45) is 0 Å². The van der Waals surface area contributed by atoms with E-state index in [0.717, 1.165) is 22.6 Å². The maximum absolute atomic E-state index is 14.7. The van der Waals surface area contributed by atoms with Crippen LogP contribution in [-0.2, 0) is 27.8 Å². The summed E-state index contributed by atoms with van der Waals surface area (Å²) >= 11 is 0. The Labute approximate surface area is 239 Å². The first-order chi connectivity index (χ1) is 20.1. The summed E-state index contributed by atoms with van der Waals surface area (Å²) in [7, 11) is 0. The van der Waals surface area contributed by atoms with Crippen molar-refractivity contribution in [3.05, 3.63) is 119 Å². The number of rotatable bonds is 5. The Kier molecular flexibility index (Phi) is 6.60. The molecule has 42 heavy (non-hydrogen) atoms. The highest BCUT2D eigenvalue weighted by Crippen LogP contribution is 2.51. The standard InChI is InChI=1S/C33H25F3N2O4/c1-2-37-27-16-13-22(33(34,35)36)17-28(27)38(23-11-7-4-8-12-23)31(41)32(30(37)40)19-29(39)25-18-24(14-15-26(25)32)42-20-21-9-5-3-6-10-21/h3-18H,2,19-20H2,1H3. The summed E-state index contributed by atoms with van der Waals surface area (Å²) in [5.41, 5.74) is -1.30. The molecule has 1 spiro atoms. The van der Waals surface area contributed by atoms with Crippen molar-refractivity contribution in [3.8, 4) is 5.75 Å². The molecule has 0 aromatic heterocycles. The summed E-state index contributed by atoms with van der Waals surface area (Å²) in [6.07, 6.45) is -5.14. The number of fused-ring (bicyclic) bond motifs is 3. The molecule has 0 bridgehead atoms. The second kappa shape index (κ2) is 10.2. The summed E-state index contributed by atoms with van der Waals surface area (Å²) < 4.78 is 47.5. The summed E-state index contributed by atoms with van der Waals surface area (Å²) in [6, 6.07) is 25.3. The van der Waals surface area contributed by atoms with E-state index in [1.165, 1.54) is 17.0 Å². The third kappa shape index (κ3) is 4.32. The Morgan fingerprint density at radius 3 is 2.17 bits per heavy atom. The maximum atomic E-state index is 14.7. The third-order valence-electron chi connectivity index (χ3n) is 7.77. The number of ketones is 1. The highest BCUT2D eigenvalue weighted by Gasteiger charge is 2.60. The smallest absolute Gasteiger partial charge is 0.416 e. The van der Waals surface area contributed by atoms with Gasteiger partial charge in [-0.2, -0.15) is 13.2 Å². The molecule has 2 aliphatic rings. The number of hydrogen-bond acceptors (Lipinski definition) is 4. The van der Waals surface area contributed by atoms with E-state index in [-0.39, 0.29) is 41.3 Å². The van der Waals surface area contributed by atoms with Crippen molar-refractivity contribution in [2.45, 2.75) is 31.5 Å². The highest BCUT2D eigenvalue weighted by atomic mass is 19.4. The fourth-order valence-corrected chi connectivity index (χ4v) is 5.76. The highest BCUT2D eigenvalue weighted by molar-refractivity contribution is 6.31. The zero-order valence-corrected chi connectivity index (χ0v) is 22.5. The molecule has 0 saturated heterocycles. The van der Waals surface area contributed by atoms with Crippen molar-refractivity contribution in [3.63, 3.8) is 0 Å². The number of benzene rings is 4. The van der Waals surface area contributed by atoms with E-state index in [4.69, 9.17) is 4.74 Å². The first-order valence-corrected chi connectivity index (χ1v) is 13.4. The van der Waals surface area contributed by atoms with Crippen molar-refractivity contribution < 1.29 is 32.3 Å². The van der Waals surface area contributed by atoms with E-state index in [1.54, 1.807) is 49.4 Å². The summed E-state index contributed by atoms with van der Waals surface area (Å²) in [5, 5.41) is 0. The lowest BCUT2D eigenvalue weighted by Gasteiger charge is -2.32. The normalized spacial score (nSPS) is 18.2. The average molecular weight is 571 g/mol.